The van der Waals surface area contributed by atoms with E-state index < -0.39 is 13.9 Å². The number of ether oxygens (including phenoxy) is 2. The molecule has 2 unspecified atom stereocenters. The monoisotopic (exact) mass is 911 g/mol. The molecule has 0 saturated heterocycles. The zero-order valence-corrected chi connectivity index (χ0v) is 43.2. The first-order valence-corrected chi connectivity index (χ1v) is 28.2. The van der Waals surface area contributed by atoms with Crippen LogP contribution in [0.2, 0.25) is 0 Å². The summed E-state index contributed by atoms with van der Waals surface area (Å²) in [4.78, 5) is 23.0. The molecule has 1 N–H and O–H groups in total. The standard InChI is InChI=1S/C54H104NO7P/c1-6-8-10-12-14-16-18-20-22-24-25-26-27-28-29-30-32-34-36-38-40-42-44-46-49-59-51-53(52-61-63(57,58)60-50-48-55(3,4)5)62-54(56)47-45-43-41-39-37-35-33-31-23-21-19-17-15-13-11-9-7-2/h9,11,15,17,21,23,53H,6-8,10,12-14,16,18-20,22,24-52H2,1-5H3/p+1/b11-9-,17-15-,23-21-. The molecule has 63 heavy (non-hydrogen) atoms. The van der Waals surface area contributed by atoms with Gasteiger partial charge in [0, 0.05) is 13.0 Å². The average Bonchev–Trinajstić information content (AvgIpc) is 3.24. The Morgan fingerprint density at radius 1 is 0.508 bits per heavy atom. The number of nitrogens with zero attached hydrogens (tertiary/aromatic N) is 1. The van der Waals surface area contributed by atoms with Crippen molar-refractivity contribution in [1.82, 2.24) is 0 Å². The highest BCUT2D eigenvalue weighted by Crippen LogP contribution is 2.43. The lowest BCUT2D eigenvalue weighted by Gasteiger charge is -2.24. The lowest BCUT2D eigenvalue weighted by Crippen LogP contribution is -2.37. The van der Waals surface area contributed by atoms with Crippen LogP contribution in [0.5, 0.6) is 0 Å². The predicted molar refractivity (Wildman–Crippen MR) is 270 cm³/mol. The van der Waals surface area contributed by atoms with E-state index in [9.17, 15) is 14.3 Å². The second-order valence-electron chi connectivity index (χ2n) is 19.2. The summed E-state index contributed by atoms with van der Waals surface area (Å²) in [6.45, 7) is 5.55. The van der Waals surface area contributed by atoms with Crippen LogP contribution < -0.4 is 0 Å². The molecule has 0 aromatic heterocycles. The summed E-state index contributed by atoms with van der Waals surface area (Å²) in [7, 11) is 1.67. The van der Waals surface area contributed by atoms with Crippen LogP contribution in [-0.4, -0.2) is 75.6 Å². The molecule has 8 nitrogen and oxygen atoms in total. The van der Waals surface area contributed by atoms with Crippen LogP contribution in [0.1, 0.15) is 245 Å². The number of hydrogen-bond donors (Lipinski definition) is 1. The zero-order valence-electron chi connectivity index (χ0n) is 42.3. The van der Waals surface area contributed by atoms with Gasteiger partial charge in [0.05, 0.1) is 34.4 Å². The minimum atomic E-state index is -4.28. The Hall–Kier alpha value is -1.28. The maximum absolute atomic E-state index is 12.8. The van der Waals surface area contributed by atoms with Crippen molar-refractivity contribution in [2.75, 3.05) is 54.1 Å². The van der Waals surface area contributed by atoms with Crippen molar-refractivity contribution in [3.63, 3.8) is 0 Å². The zero-order chi connectivity index (χ0) is 46.2. The number of esters is 1. The number of hydrogen-bond acceptors (Lipinski definition) is 6. The smallest absolute Gasteiger partial charge is 0.457 e. The van der Waals surface area contributed by atoms with E-state index in [1.54, 1.807) is 0 Å². The van der Waals surface area contributed by atoms with E-state index in [2.05, 4.69) is 50.3 Å². The third-order valence-corrected chi connectivity index (χ3v) is 12.7. The Bertz CT molecular complexity index is 1100. The molecular formula is C54H105NO7P+. The van der Waals surface area contributed by atoms with Crippen molar-refractivity contribution in [1.29, 1.82) is 0 Å². The fraction of sp³-hybridized carbons (Fsp3) is 0.870. The molecule has 0 fully saturated rings. The van der Waals surface area contributed by atoms with Gasteiger partial charge >= 0.3 is 13.8 Å². The van der Waals surface area contributed by atoms with E-state index in [0.717, 1.165) is 57.8 Å². The molecule has 0 aliphatic heterocycles. The van der Waals surface area contributed by atoms with Gasteiger partial charge in [-0.25, -0.2) is 4.57 Å². The molecule has 0 aromatic carbocycles. The molecule has 0 aliphatic carbocycles. The molecule has 0 aliphatic rings. The molecule has 0 heterocycles. The van der Waals surface area contributed by atoms with Crippen molar-refractivity contribution < 1.29 is 37.3 Å². The summed E-state index contributed by atoms with van der Waals surface area (Å²) in [5.74, 6) is -0.320. The number of carbonyl (C=O) groups is 1. The lowest BCUT2D eigenvalue weighted by atomic mass is 10.0. The number of rotatable bonds is 50. The minimum Gasteiger partial charge on any atom is -0.457 e. The van der Waals surface area contributed by atoms with Gasteiger partial charge in [0.25, 0.3) is 0 Å². The molecule has 2 atom stereocenters. The van der Waals surface area contributed by atoms with E-state index in [1.165, 1.54) is 167 Å². The first-order valence-electron chi connectivity index (χ1n) is 26.7. The van der Waals surface area contributed by atoms with Gasteiger partial charge in [-0.2, -0.15) is 0 Å². The van der Waals surface area contributed by atoms with Gasteiger partial charge in [-0.1, -0.05) is 230 Å². The Labute approximate surface area is 391 Å². The van der Waals surface area contributed by atoms with E-state index in [1.807, 2.05) is 21.1 Å². The third-order valence-electron chi connectivity index (χ3n) is 11.7. The van der Waals surface area contributed by atoms with Gasteiger partial charge < -0.3 is 18.9 Å². The van der Waals surface area contributed by atoms with Crippen molar-refractivity contribution in [3.8, 4) is 0 Å². The van der Waals surface area contributed by atoms with Gasteiger partial charge in [0.1, 0.15) is 19.3 Å². The number of unbranched alkanes of at least 4 members (excludes halogenated alkanes) is 30. The number of carbonyl (C=O) groups excluding carboxylic acids is 1. The van der Waals surface area contributed by atoms with Gasteiger partial charge in [-0.05, 0) is 44.9 Å². The number of likely N-dealkylation sites (N-methyl/N-ethyl adjacent to an activating group) is 1. The number of quaternary nitrogens is 1. The molecule has 0 radical (unpaired) electrons. The maximum Gasteiger partial charge on any atom is 0.472 e. The third kappa shape index (κ3) is 51.6. The summed E-state index contributed by atoms with van der Waals surface area (Å²) in [6, 6.07) is 0. The average molecular weight is 911 g/mol. The lowest BCUT2D eigenvalue weighted by molar-refractivity contribution is -0.870. The maximum atomic E-state index is 12.8. The van der Waals surface area contributed by atoms with E-state index in [-0.39, 0.29) is 25.8 Å². The van der Waals surface area contributed by atoms with Crippen LogP contribution in [0.3, 0.4) is 0 Å². The van der Waals surface area contributed by atoms with Crippen molar-refractivity contribution in [3.05, 3.63) is 36.5 Å². The largest absolute Gasteiger partial charge is 0.472 e. The highest BCUT2D eigenvalue weighted by atomic mass is 31.2. The van der Waals surface area contributed by atoms with Gasteiger partial charge in [-0.15, -0.1) is 0 Å². The van der Waals surface area contributed by atoms with E-state index in [0.29, 0.717) is 24.1 Å². The van der Waals surface area contributed by atoms with Gasteiger partial charge in [0.2, 0.25) is 0 Å². The molecule has 0 bridgehead atoms. The van der Waals surface area contributed by atoms with Crippen LogP contribution in [0, 0.1) is 0 Å². The summed E-state index contributed by atoms with van der Waals surface area (Å²) in [6.07, 6.45) is 57.7. The SMILES string of the molecule is CC/C=C\C/C=C\C/C=C\CCCCCCCCCC(=O)OC(COCCCCCCCCCCCCCCCCCCCCCCCCCC)COP(=O)(O)OCC[N+](C)(C)C. The van der Waals surface area contributed by atoms with Gasteiger partial charge in [-0.3, -0.25) is 13.8 Å². The molecule has 0 rings (SSSR count). The predicted octanol–water partition coefficient (Wildman–Crippen LogP) is 16.5. The van der Waals surface area contributed by atoms with Crippen LogP contribution in [0.15, 0.2) is 36.5 Å². The summed E-state index contributed by atoms with van der Waals surface area (Å²) < 4.78 is 35.2. The van der Waals surface area contributed by atoms with Crippen LogP contribution in [0.25, 0.3) is 0 Å². The Morgan fingerprint density at radius 2 is 0.921 bits per heavy atom. The summed E-state index contributed by atoms with van der Waals surface area (Å²) in [5, 5.41) is 0. The van der Waals surface area contributed by atoms with Crippen LogP contribution in [0.4, 0.5) is 0 Å². The summed E-state index contributed by atoms with van der Waals surface area (Å²) in [5.41, 5.74) is 0. The fourth-order valence-electron chi connectivity index (χ4n) is 7.63. The molecule has 372 valence electrons. The van der Waals surface area contributed by atoms with E-state index >= 15 is 0 Å². The molecular weight excluding hydrogens is 806 g/mol. The van der Waals surface area contributed by atoms with Crippen molar-refractivity contribution in [2.45, 2.75) is 251 Å². The Balaban J connectivity index is 4.06. The van der Waals surface area contributed by atoms with Crippen molar-refractivity contribution in [2.24, 2.45) is 0 Å². The molecule has 0 saturated carbocycles. The first kappa shape index (κ1) is 61.7. The minimum absolute atomic E-state index is 0.0876. The number of phosphoric ester groups is 1. The molecule has 9 heteroatoms. The molecule has 0 aromatic rings. The first-order chi connectivity index (χ1) is 30.6. The second kappa shape index (κ2) is 47.2. The van der Waals surface area contributed by atoms with Gasteiger partial charge in [0.15, 0.2) is 0 Å². The molecule has 0 spiro atoms. The normalized spacial score (nSPS) is 13.8. The fourth-order valence-corrected chi connectivity index (χ4v) is 8.37. The van der Waals surface area contributed by atoms with E-state index in [4.69, 9.17) is 18.5 Å². The Kier molecular flexibility index (Phi) is 46.3. The second-order valence-corrected chi connectivity index (χ2v) is 20.7. The van der Waals surface area contributed by atoms with Crippen LogP contribution >= 0.6 is 7.82 Å². The number of phosphoric acid groups is 1. The van der Waals surface area contributed by atoms with Crippen molar-refractivity contribution >= 4 is 13.8 Å². The number of allylic oxidation sites excluding steroid dienone is 6. The summed E-state index contributed by atoms with van der Waals surface area (Å²) >= 11 is 0. The quantitative estimate of drug-likeness (QED) is 0.0214. The topological polar surface area (TPSA) is 91.3 Å². The highest BCUT2D eigenvalue weighted by molar-refractivity contribution is 7.47. The Morgan fingerprint density at radius 3 is 1.38 bits per heavy atom. The highest BCUT2D eigenvalue weighted by Gasteiger charge is 2.26. The molecule has 0 amide bonds. The van der Waals surface area contributed by atoms with Crippen LogP contribution in [-0.2, 0) is 27.9 Å².